The molecule has 0 unspecified atom stereocenters. The fraction of sp³-hybridized carbons (Fsp3) is 0.300. The van der Waals surface area contributed by atoms with Gasteiger partial charge in [0, 0.05) is 19.2 Å². The Balaban J connectivity index is 2.17. The van der Waals surface area contributed by atoms with Crippen molar-refractivity contribution in [3.63, 3.8) is 0 Å². The molecule has 0 aliphatic rings. The molecule has 0 aliphatic carbocycles. The van der Waals surface area contributed by atoms with E-state index in [-0.39, 0.29) is 0 Å². The normalized spacial score (nSPS) is 10.4. The zero-order valence-corrected chi connectivity index (χ0v) is 9.77. The van der Waals surface area contributed by atoms with Gasteiger partial charge < -0.3 is 4.74 Å². The average molecular weight is 239 g/mol. The molecule has 0 aromatic carbocycles. The van der Waals surface area contributed by atoms with Crippen LogP contribution in [0, 0.1) is 6.92 Å². The average Bonchev–Trinajstić information content (AvgIpc) is 2.59. The first-order chi connectivity index (χ1) is 7.69. The molecule has 6 heteroatoms. The monoisotopic (exact) mass is 238 g/mol. The van der Waals surface area contributed by atoms with E-state index >= 15 is 0 Å². The van der Waals surface area contributed by atoms with Crippen molar-refractivity contribution in [2.45, 2.75) is 12.8 Å². The minimum absolute atomic E-state index is 0.345. The van der Waals surface area contributed by atoms with Crippen molar-refractivity contribution >= 4 is 11.6 Å². The summed E-state index contributed by atoms with van der Waals surface area (Å²) < 4.78 is 7.16. The van der Waals surface area contributed by atoms with E-state index in [0.717, 1.165) is 11.4 Å². The highest BCUT2D eigenvalue weighted by molar-refractivity contribution is 6.16. The zero-order chi connectivity index (χ0) is 11.5. The maximum atomic E-state index is 5.61. The van der Waals surface area contributed by atoms with Crippen molar-refractivity contribution in [3.05, 3.63) is 29.6 Å². The summed E-state index contributed by atoms with van der Waals surface area (Å²) in [5.74, 6) is 1.40. The summed E-state index contributed by atoms with van der Waals surface area (Å²) >= 11 is 5.61. The van der Waals surface area contributed by atoms with E-state index < -0.39 is 0 Å². The summed E-state index contributed by atoms with van der Waals surface area (Å²) in [4.78, 5) is 0. The molecule has 0 saturated heterocycles. The van der Waals surface area contributed by atoms with E-state index in [1.807, 2.05) is 20.0 Å². The van der Waals surface area contributed by atoms with E-state index in [0.29, 0.717) is 17.6 Å². The van der Waals surface area contributed by atoms with Crippen LogP contribution in [0.4, 0.5) is 0 Å². The van der Waals surface area contributed by atoms with Crippen LogP contribution in [0.3, 0.4) is 0 Å². The molecule has 2 rings (SSSR count). The van der Waals surface area contributed by atoms with Gasteiger partial charge in [-0.25, -0.2) is 4.68 Å². The quantitative estimate of drug-likeness (QED) is 0.768. The summed E-state index contributed by atoms with van der Waals surface area (Å²) in [6, 6.07) is 5.34. The molecule has 0 bridgehead atoms. The first-order valence-electron chi connectivity index (χ1n) is 4.76. The minimum Gasteiger partial charge on any atom is -0.419 e. The molecule has 0 aliphatic heterocycles. The van der Waals surface area contributed by atoms with Gasteiger partial charge in [0.15, 0.2) is 0 Å². The van der Waals surface area contributed by atoms with Gasteiger partial charge in [0.1, 0.15) is 0 Å². The van der Waals surface area contributed by atoms with Crippen LogP contribution in [0.5, 0.6) is 11.8 Å². The van der Waals surface area contributed by atoms with Crippen LogP contribution in [0.15, 0.2) is 18.2 Å². The van der Waals surface area contributed by atoms with Crippen molar-refractivity contribution in [2.75, 3.05) is 0 Å². The summed E-state index contributed by atoms with van der Waals surface area (Å²) in [6.07, 6.45) is 0. The van der Waals surface area contributed by atoms with Gasteiger partial charge >= 0.3 is 0 Å². The van der Waals surface area contributed by atoms with Crippen molar-refractivity contribution in [1.82, 2.24) is 20.0 Å². The molecule has 5 nitrogen and oxygen atoms in total. The predicted octanol–water partition coefficient (Wildman–Crippen LogP) is 2.05. The first-order valence-corrected chi connectivity index (χ1v) is 5.29. The molecule has 2 aromatic rings. The Morgan fingerprint density at radius 1 is 1.38 bits per heavy atom. The smallest absolute Gasteiger partial charge is 0.240 e. The lowest BCUT2D eigenvalue weighted by molar-refractivity contribution is 0.409. The predicted molar refractivity (Wildman–Crippen MR) is 59.6 cm³/mol. The van der Waals surface area contributed by atoms with Crippen LogP contribution >= 0.6 is 11.6 Å². The fourth-order valence-electron chi connectivity index (χ4n) is 1.26. The number of alkyl halides is 1. The summed E-state index contributed by atoms with van der Waals surface area (Å²) in [7, 11) is 1.81. The molecular formula is C10H11ClN4O. The minimum atomic E-state index is 0.345. The zero-order valence-electron chi connectivity index (χ0n) is 9.01. The van der Waals surface area contributed by atoms with Crippen molar-refractivity contribution < 1.29 is 4.74 Å². The van der Waals surface area contributed by atoms with Gasteiger partial charge in [-0.05, 0) is 13.0 Å². The van der Waals surface area contributed by atoms with Crippen LogP contribution in [0.25, 0.3) is 0 Å². The molecule has 16 heavy (non-hydrogen) atoms. The van der Waals surface area contributed by atoms with Gasteiger partial charge in [-0.3, -0.25) is 0 Å². The lowest BCUT2D eigenvalue weighted by Gasteiger charge is -2.03. The molecule has 2 aromatic heterocycles. The number of halogens is 1. The summed E-state index contributed by atoms with van der Waals surface area (Å²) in [5.41, 5.74) is 1.61. The lowest BCUT2D eigenvalue weighted by Crippen LogP contribution is -1.98. The molecular weight excluding hydrogens is 228 g/mol. The third-order valence-electron chi connectivity index (χ3n) is 2.00. The Bertz CT molecular complexity index is 480. The Hall–Kier alpha value is -1.62. The van der Waals surface area contributed by atoms with Gasteiger partial charge in [0.25, 0.3) is 0 Å². The van der Waals surface area contributed by atoms with Crippen LogP contribution in [-0.4, -0.2) is 20.0 Å². The molecule has 0 saturated carbocycles. The van der Waals surface area contributed by atoms with Crippen LogP contribution < -0.4 is 4.74 Å². The number of ether oxygens (including phenoxy) is 1. The standard InChI is InChI=1S/C10H11ClN4O/c1-7-5-10(15(2)14-7)16-9-4-3-8(6-11)12-13-9/h3-5H,6H2,1-2H3. The second-order valence-corrected chi connectivity index (χ2v) is 3.61. The third-order valence-corrected chi connectivity index (χ3v) is 2.27. The molecule has 0 spiro atoms. The van der Waals surface area contributed by atoms with E-state index in [4.69, 9.17) is 16.3 Å². The molecule has 0 N–H and O–H groups in total. The molecule has 2 heterocycles. The van der Waals surface area contributed by atoms with Crippen LogP contribution in [-0.2, 0) is 12.9 Å². The molecule has 0 atom stereocenters. The van der Waals surface area contributed by atoms with E-state index in [2.05, 4.69) is 15.3 Å². The highest BCUT2D eigenvalue weighted by Gasteiger charge is 2.05. The van der Waals surface area contributed by atoms with Gasteiger partial charge in [-0.15, -0.1) is 16.7 Å². The maximum Gasteiger partial charge on any atom is 0.240 e. The first kappa shape index (κ1) is 10.9. The topological polar surface area (TPSA) is 52.8 Å². The molecule has 0 amide bonds. The third kappa shape index (κ3) is 2.30. The van der Waals surface area contributed by atoms with E-state index in [1.165, 1.54) is 0 Å². The highest BCUT2D eigenvalue weighted by Crippen LogP contribution is 2.18. The van der Waals surface area contributed by atoms with Crippen LogP contribution in [0.2, 0.25) is 0 Å². The van der Waals surface area contributed by atoms with Gasteiger partial charge in [0.05, 0.1) is 17.3 Å². The second kappa shape index (κ2) is 4.49. The van der Waals surface area contributed by atoms with E-state index in [1.54, 1.807) is 16.8 Å². The number of hydrogen-bond acceptors (Lipinski definition) is 4. The van der Waals surface area contributed by atoms with E-state index in [9.17, 15) is 0 Å². The van der Waals surface area contributed by atoms with Crippen molar-refractivity contribution in [3.8, 4) is 11.8 Å². The Morgan fingerprint density at radius 3 is 2.69 bits per heavy atom. The Morgan fingerprint density at radius 2 is 2.19 bits per heavy atom. The number of nitrogens with zero attached hydrogens (tertiary/aromatic N) is 4. The number of aryl methyl sites for hydroxylation is 2. The second-order valence-electron chi connectivity index (χ2n) is 3.35. The molecule has 0 fully saturated rings. The summed E-state index contributed by atoms with van der Waals surface area (Å²) in [5, 5.41) is 12.0. The number of aromatic nitrogens is 4. The fourth-order valence-corrected chi connectivity index (χ4v) is 1.41. The number of rotatable bonds is 3. The van der Waals surface area contributed by atoms with Crippen LogP contribution in [0.1, 0.15) is 11.4 Å². The number of hydrogen-bond donors (Lipinski definition) is 0. The highest BCUT2D eigenvalue weighted by atomic mass is 35.5. The van der Waals surface area contributed by atoms with Gasteiger partial charge in [-0.2, -0.15) is 10.2 Å². The lowest BCUT2D eigenvalue weighted by atomic mass is 10.4. The Labute approximate surface area is 98.0 Å². The SMILES string of the molecule is Cc1cc(Oc2ccc(CCl)nn2)n(C)n1. The van der Waals surface area contributed by atoms with Gasteiger partial charge in [0.2, 0.25) is 11.8 Å². The Kier molecular flexibility index (Phi) is 3.05. The van der Waals surface area contributed by atoms with Gasteiger partial charge in [-0.1, -0.05) is 0 Å². The molecule has 0 radical (unpaired) electrons. The largest absolute Gasteiger partial charge is 0.419 e. The summed E-state index contributed by atoms with van der Waals surface area (Å²) in [6.45, 7) is 1.90. The van der Waals surface area contributed by atoms with Crippen molar-refractivity contribution in [2.24, 2.45) is 7.05 Å². The van der Waals surface area contributed by atoms with Crippen molar-refractivity contribution in [1.29, 1.82) is 0 Å². The maximum absolute atomic E-state index is 5.61. The molecule has 84 valence electrons.